The van der Waals surface area contributed by atoms with Gasteiger partial charge in [0.25, 0.3) is 0 Å². The van der Waals surface area contributed by atoms with Crippen LogP contribution in [0.1, 0.15) is 12.8 Å². The molecule has 19 heavy (non-hydrogen) atoms. The number of ether oxygens (including phenoxy) is 2. The fraction of sp³-hybridized carbons (Fsp3) is 0.692. The Morgan fingerprint density at radius 3 is 2.58 bits per heavy atom. The topological polar surface area (TPSA) is 59.5 Å². The first-order valence-electron chi connectivity index (χ1n) is 6.75. The molecule has 0 bridgehead atoms. The molecule has 0 radical (unpaired) electrons. The Morgan fingerprint density at radius 1 is 1.21 bits per heavy atom. The second kappa shape index (κ2) is 5.21. The largest absolute Gasteiger partial charge is 0.481 e. The quantitative estimate of drug-likeness (QED) is 0.866. The van der Waals surface area contributed by atoms with Crippen LogP contribution in [-0.2, 0) is 0 Å². The van der Waals surface area contributed by atoms with E-state index in [-0.39, 0.29) is 0 Å². The Hall–Kier alpha value is -1.56. The van der Waals surface area contributed by atoms with Gasteiger partial charge in [0.15, 0.2) is 0 Å². The molecule has 0 aromatic carbocycles. The molecule has 2 aliphatic rings. The minimum absolute atomic E-state index is 0.546. The number of rotatable bonds is 3. The highest BCUT2D eigenvalue weighted by molar-refractivity contribution is 5.38. The molecule has 3 rings (SSSR count). The van der Waals surface area contributed by atoms with E-state index in [4.69, 9.17) is 9.47 Å². The highest BCUT2D eigenvalue weighted by Crippen LogP contribution is 2.29. The van der Waals surface area contributed by atoms with E-state index < -0.39 is 0 Å². The van der Waals surface area contributed by atoms with Crippen molar-refractivity contribution in [2.24, 2.45) is 5.92 Å². The maximum Gasteiger partial charge on any atom is 0.232 e. The zero-order valence-electron chi connectivity index (χ0n) is 11.4. The van der Waals surface area contributed by atoms with Crippen LogP contribution in [-0.4, -0.2) is 49.9 Å². The number of nitrogens with zero attached hydrogens (tertiary/aromatic N) is 3. The molecule has 0 unspecified atom stereocenters. The molecule has 1 aromatic rings. The predicted molar refractivity (Wildman–Crippen MR) is 71.9 cm³/mol. The molecule has 6 heteroatoms. The fourth-order valence-corrected chi connectivity index (χ4v) is 2.95. The van der Waals surface area contributed by atoms with Gasteiger partial charge in [0.1, 0.15) is 0 Å². The van der Waals surface area contributed by atoms with Crippen molar-refractivity contribution in [3.63, 3.8) is 0 Å². The minimum atomic E-state index is 0.546. The van der Waals surface area contributed by atoms with E-state index in [2.05, 4.69) is 20.2 Å². The lowest BCUT2D eigenvalue weighted by Crippen LogP contribution is -2.40. The van der Waals surface area contributed by atoms with Crippen molar-refractivity contribution in [3.8, 4) is 11.8 Å². The van der Waals surface area contributed by atoms with Gasteiger partial charge < -0.3 is 19.7 Å². The molecule has 0 spiro atoms. The summed E-state index contributed by atoms with van der Waals surface area (Å²) in [5, 5.41) is 3.58. The van der Waals surface area contributed by atoms with Crippen LogP contribution >= 0.6 is 0 Å². The maximum absolute atomic E-state index is 5.20. The van der Waals surface area contributed by atoms with Gasteiger partial charge >= 0.3 is 0 Å². The van der Waals surface area contributed by atoms with E-state index in [0.717, 1.165) is 19.6 Å². The number of anilines is 1. The minimum Gasteiger partial charge on any atom is -0.481 e. The van der Waals surface area contributed by atoms with Gasteiger partial charge in [-0.1, -0.05) is 0 Å². The molecule has 1 N–H and O–H groups in total. The highest BCUT2D eigenvalue weighted by Gasteiger charge is 2.35. The van der Waals surface area contributed by atoms with Crippen molar-refractivity contribution in [2.45, 2.75) is 18.9 Å². The number of methoxy groups -OCH3 is 2. The summed E-state index contributed by atoms with van der Waals surface area (Å²) < 4.78 is 10.4. The van der Waals surface area contributed by atoms with Crippen LogP contribution in [0.3, 0.4) is 0 Å². The smallest absolute Gasteiger partial charge is 0.232 e. The third-order valence-corrected chi connectivity index (χ3v) is 3.97. The molecule has 2 aliphatic heterocycles. The molecule has 3 heterocycles. The van der Waals surface area contributed by atoms with Crippen LogP contribution in [0.15, 0.2) is 6.07 Å². The Morgan fingerprint density at radius 2 is 1.95 bits per heavy atom. The van der Waals surface area contributed by atoms with E-state index in [1.807, 2.05) is 0 Å². The molecule has 0 saturated carbocycles. The van der Waals surface area contributed by atoms with Crippen molar-refractivity contribution in [1.29, 1.82) is 0 Å². The summed E-state index contributed by atoms with van der Waals surface area (Å²) in [7, 11) is 3.22. The second-order valence-corrected chi connectivity index (χ2v) is 5.12. The van der Waals surface area contributed by atoms with Crippen LogP contribution in [0.5, 0.6) is 11.8 Å². The average molecular weight is 264 g/mol. The van der Waals surface area contributed by atoms with Crippen LogP contribution in [0.2, 0.25) is 0 Å². The van der Waals surface area contributed by atoms with E-state index in [9.17, 15) is 0 Å². The summed E-state index contributed by atoms with van der Waals surface area (Å²) in [6.07, 6.45) is 2.55. The number of fused-ring (bicyclic) bond motifs is 1. The van der Waals surface area contributed by atoms with Crippen molar-refractivity contribution in [2.75, 3.05) is 38.8 Å². The van der Waals surface area contributed by atoms with Gasteiger partial charge in [0, 0.05) is 19.1 Å². The fourth-order valence-electron chi connectivity index (χ4n) is 2.95. The van der Waals surface area contributed by atoms with E-state index in [0.29, 0.717) is 29.7 Å². The van der Waals surface area contributed by atoms with Gasteiger partial charge in [0.05, 0.1) is 20.3 Å². The van der Waals surface area contributed by atoms with Crippen molar-refractivity contribution in [3.05, 3.63) is 6.07 Å². The van der Waals surface area contributed by atoms with Crippen molar-refractivity contribution >= 4 is 5.95 Å². The number of hydrogen-bond donors (Lipinski definition) is 1. The first-order chi connectivity index (χ1) is 9.30. The number of piperidine rings is 1. The Bertz CT molecular complexity index is 418. The first-order valence-corrected chi connectivity index (χ1v) is 6.75. The van der Waals surface area contributed by atoms with Gasteiger partial charge in [-0.25, -0.2) is 0 Å². The molecule has 6 nitrogen and oxygen atoms in total. The number of nitrogens with one attached hydrogen (secondary N) is 1. The molecule has 1 aromatic heterocycles. The second-order valence-electron chi connectivity index (χ2n) is 5.12. The zero-order chi connectivity index (χ0) is 13.2. The third kappa shape index (κ3) is 2.45. The van der Waals surface area contributed by atoms with Gasteiger partial charge in [-0.05, 0) is 25.3 Å². The lowest BCUT2D eigenvalue weighted by molar-refractivity contribution is 0.340. The normalized spacial score (nSPS) is 26.1. The zero-order valence-corrected chi connectivity index (χ0v) is 11.4. The Labute approximate surface area is 113 Å². The molecule has 2 atom stereocenters. The predicted octanol–water partition coefficient (Wildman–Crippen LogP) is 0.682. The summed E-state index contributed by atoms with van der Waals surface area (Å²) in [5.41, 5.74) is 0. The van der Waals surface area contributed by atoms with Gasteiger partial charge in [-0.3, -0.25) is 0 Å². The van der Waals surface area contributed by atoms with Gasteiger partial charge in [0.2, 0.25) is 17.7 Å². The summed E-state index contributed by atoms with van der Waals surface area (Å²) in [5.74, 6) is 2.50. The maximum atomic E-state index is 5.20. The van der Waals surface area contributed by atoms with Crippen LogP contribution < -0.4 is 19.7 Å². The van der Waals surface area contributed by atoms with Crippen LogP contribution in [0, 0.1) is 5.92 Å². The lowest BCUT2D eigenvalue weighted by Gasteiger charge is -2.24. The molecular formula is C13H20N4O2. The lowest BCUT2D eigenvalue weighted by atomic mass is 9.94. The van der Waals surface area contributed by atoms with Crippen molar-refractivity contribution < 1.29 is 9.47 Å². The molecule has 0 amide bonds. The standard InChI is InChI=1S/C13H20N4O2/c1-18-11-6-12(19-2)16-13(15-11)17-7-9-4-3-5-14-10(9)8-17/h6,9-10,14H,3-5,7-8H2,1-2H3/t9-,10+/m0/s1. The molecule has 2 fully saturated rings. The SMILES string of the molecule is COc1cc(OC)nc(N2C[C@@H]3CCCN[C@@H]3C2)n1. The van der Waals surface area contributed by atoms with Gasteiger partial charge in [-0.2, -0.15) is 9.97 Å². The first kappa shape index (κ1) is 12.5. The summed E-state index contributed by atoms with van der Waals surface area (Å²) in [6.45, 7) is 3.09. The number of hydrogen-bond acceptors (Lipinski definition) is 6. The third-order valence-electron chi connectivity index (χ3n) is 3.97. The van der Waals surface area contributed by atoms with E-state index in [1.165, 1.54) is 12.8 Å². The molecule has 104 valence electrons. The van der Waals surface area contributed by atoms with E-state index in [1.54, 1.807) is 20.3 Å². The summed E-state index contributed by atoms with van der Waals surface area (Å²) in [4.78, 5) is 11.1. The molecular weight excluding hydrogens is 244 g/mol. The highest BCUT2D eigenvalue weighted by atomic mass is 16.5. The van der Waals surface area contributed by atoms with Gasteiger partial charge in [-0.15, -0.1) is 0 Å². The van der Waals surface area contributed by atoms with Crippen LogP contribution in [0.4, 0.5) is 5.95 Å². The summed E-state index contributed by atoms with van der Waals surface area (Å²) in [6, 6.07) is 2.26. The Kier molecular flexibility index (Phi) is 3.42. The monoisotopic (exact) mass is 264 g/mol. The van der Waals surface area contributed by atoms with Crippen LogP contribution in [0.25, 0.3) is 0 Å². The average Bonchev–Trinajstić information content (AvgIpc) is 2.90. The molecule has 2 saturated heterocycles. The van der Waals surface area contributed by atoms with Crippen molar-refractivity contribution in [1.82, 2.24) is 15.3 Å². The van der Waals surface area contributed by atoms with E-state index >= 15 is 0 Å². The molecule has 0 aliphatic carbocycles. The Balaban J connectivity index is 1.82. The summed E-state index contributed by atoms with van der Waals surface area (Å²) >= 11 is 0. The number of aromatic nitrogens is 2.